The molecule has 11 rings (SSSR count). The van der Waals surface area contributed by atoms with Crippen LogP contribution in [0.1, 0.15) is 68.2 Å². The summed E-state index contributed by atoms with van der Waals surface area (Å²) >= 11 is 0. The molecule has 3 aliphatic rings. The predicted octanol–water partition coefficient (Wildman–Crippen LogP) is 14.3. The van der Waals surface area contributed by atoms with Crippen LogP contribution in [0.3, 0.4) is 0 Å². The van der Waals surface area contributed by atoms with E-state index in [-0.39, 0.29) is 10.8 Å². The molecule has 1 aromatic heterocycles. The molecule has 274 valence electrons. The largest absolute Gasteiger partial charge is 0.228 e. The van der Waals surface area contributed by atoms with Gasteiger partial charge in [-0.05, 0) is 104 Å². The summed E-state index contributed by atoms with van der Waals surface area (Å²) in [5.74, 6) is 0.730. The van der Waals surface area contributed by atoms with Crippen molar-refractivity contribution in [2.45, 2.75) is 56.8 Å². The zero-order valence-electron chi connectivity index (χ0n) is 32.6. The van der Waals surface area contributed by atoms with Crippen LogP contribution in [-0.2, 0) is 10.8 Å². The maximum Gasteiger partial charge on any atom is 0.160 e. The molecule has 0 radical (unpaired) electrons. The van der Waals surface area contributed by atoms with Crippen molar-refractivity contribution in [2.24, 2.45) is 0 Å². The van der Waals surface area contributed by atoms with E-state index in [2.05, 4.69) is 159 Å². The molecule has 0 unspecified atom stereocenters. The van der Waals surface area contributed by atoms with Crippen molar-refractivity contribution in [1.29, 1.82) is 0 Å². The van der Waals surface area contributed by atoms with Crippen molar-refractivity contribution in [3.63, 3.8) is 0 Å². The van der Waals surface area contributed by atoms with Crippen LogP contribution in [0.5, 0.6) is 0 Å². The van der Waals surface area contributed by atoms with Gasteiger partial charge in [0.05, 0.1) is 11.4 Å². The Labute approximate surface area is 336 Å². The smallest absolute Gasteiger partial charge is 0.160 e. The third-order valence-corrected chi connectivity index (χ3v) is 13.3. The summed E-state index contributed by atoms with van der Waals surface area (Å²) in [6, 6.07) is 62.3. The fourth-order valence-corrected chi connectivity index (χ4v) is 10.3. The molecule has 2 heteroatoms. The zero-order chi connectivity index (χ0) is 38.1. The van der Waals surface area contributed by atoms with Crippen molar-refractivity contribution in [3.8, 4) is 78.4 Å². The molecule has 1 spiro atoms. The van der Waals surface area contributed by atoms with Crippen LogP contribution in [0, 0.1) is 0 Å². The van der Waals surface area contributed by atoms with Gasteiger partial charge in [-0.1, -0.05) is 179 Å². The first kappa shape index (κ1) is 33.9. The van der Waals surface area contributed by atoms with Crippen molar-refractivity contribution in [3.05, 3.63) is 192 Å². The molecule has 7 aromatic carbocycles. The summed E-state index contributed by atoms with van der Waals surface area (Å²) in [4.78, 5) is 10.0. The number of benzene rings is 7. The fourth-order valence-electron chi connectivity index (χ4n) is 10.3. The lowest BCUT2D eigenvalue weighted by Gasteiger charge is -2.36. The average molecular weight is 733 g/mol. The summed E-state index contributed by atoms with van der Waals surface area (Å²) in [6.07, 6.45) is 6.41. The lowest BCUT2D eigenvalue weighted by Crippen LogP contribution is -2.28. The van der Waals surface area contributed by atoms with E-state index in [1.54, 1.807) is 11.1 Å². The van der Waals surface area contributed by atoms with E-state index < -0.39 is 0 Å². The zero-order valence-corrected chi connectivity index (χ0v) is 32.6. The first-order valence-corrected chi connectivity index (χ1v) is 20.6. The van der Waals surface area contributed by atoms with Crippen LogP contribution in [-0.4, -0.2) is 9.97 Å². The van der Waals surface area contributed by atoms with Crippen LogP contribution in [0.2, 0.25) is 0 Å². The Balaban J connectivity index is 0.922. The third kappa shape index (κ3) is 5.46. The maximum atomic E-state index is 5.04. The summed E-state index contributed by atoms with van der Waals surface area (Å²) in [6.45, 7) is 4.81. The van der Waals surface area contributed by atoms with Gasteiger partial charge in [0.1, 0.15) is 0 Å². The van der Waals surface area contributed by atoms with Gasteiger partial charge < -0.3 is 0 Å². The minimum Gasteiger partial charge on any atom is -0.228 e. The molecule has 1 heterocycles. The highest BCUT2D eigenvalue weighted by atomic mass is 14.9. The average Bonchev–Trinajstić information content (AvgIpc) is 3.66. The van der Waals surface area contributed by atoms with Gasteiger partial charge in [0, 0.05) is 27.5 Å². The molecule has 3 aliphatic carbocycles. The van der Waals surface area contributed by atoms with Crippen LogP contribution < -0.4 is 0 Å². The molecular weight excluding hydrogens is 689 g/mol. The number of nitrogens with zero attached hydrogens (tertiary/aromatic N) is 2. The molecular formula is C55H44N2. The molecule has 57 heavy (non-hydrogen) atoms. The van der Waals surface area contributed by atoms with E-state index in [1.807, 2.05) is 24.3 Å². The lowest BCUT2D eigenvalue weighted by atomic mass is 9.67. The highest BCUT2D eigenvalue weighted by Crippen LogP contribution is 2.60. The Hall–Kier alpha value is -6.38. The monoisotopic (exact) mass is 732 g/mol. The number of hydrogen-bond donors (Lipinski definition) is 0. The van der Waals surface area contributed by atoms with Gasteiger partial charge in [-0.25, -0.2) is 9.97 Å². The highest BCUT2D eigenvalue weighted by Gasteiger charge is 2.46. The molecule has 8 aromatic rings. The Morgan fingerprint density at radius 3 is 1.51 bits per heavy atom. The normalized spacial score (nSPS) is 15.5. The van der Waals surface area contributed by atoms with E-state index in [9.17, 15) is 0 Å². The Morgan fingerprint density at radius 1 is 0.351 bits per heavy atom. The minimum absolute atomic E-state index is 0.0138. The number of fused-ring (bicyclic) bond motifs is 8. The molecule has 0 bridgehead atoms. The van der Waals surface area contributed by atoms with Crippen molar-refractivity contribution < 1.29 is 0 Å². The first-order valence-electron chi connectivity index (χ1n) is 20.6. The second kappa shape index (κ2) is 13.1. The molecule has 0 N–H and O–H groups in total. The van der Waals surface area contributed by atoms with Crippen LogP contribution in [0.15, 0.2) is 170 Å². The molecule has 0 aliphatic heterocycles. The second-order valence-electron chi connectivity index (χ2n) is 16.9. The fraction of sp³-hybridized carbons (Fsp3) is 0.164. The summed E-state index contributed by atoms with van der Waals surface area (Å²) < 4.78 is 0. The predicted molar refractivity (Wildman–Crippen MR) is 236 cm³/mol. The Bertz CT molecular complexity index is 2750. The summed E-state index contributed by atoms with van der Waals surface area (Å²) in [5, 5.41) is 0. The molecule has 0 amide bonds. The van der Waals surface area contributed by atoms with Crippen molar-refractivity contribution in [2.75, 3.05) is 0 Å². The van der Waals surface area contributed by atoms with Crippen LogP contribution in [0.25, 0.3) is 78.4 Å². The first-order chi connectivity index (χ1) is 28.0. The minimum atomic E-state index is -0.0138. The third-order valence-electron chi connectivity index (χ3n) is 13.3. The van der Waals surface area contributed by atoms with Crippen molar-refractivity contribution in [1.82, 2.24) is 9.97 Å². The molecule has 1 fully saturated rings. The maximum absolute atomic E-state index is 5.04. The van der Waals surface area contributed by atoms with Gasteiger partial charge in [0.2, 0.25) is 0 Å². The molecule has 0 atom stereocenters. The Kier molecular flexibility index (Phi) is 7.80. The van der Waals surface area contributed by atoms with E-state index >= 15 is 0 Å². The summed E-state index contributed by atoms with van der Waals surface area (Å²) in [5.41, 5.74) is 21.8. The lowest BCUT2D eigenvalue weighted by molar-refractivity contribution is 0.353. The molecule has 2 nitrogen and oxygen atoms in total. The standard InChI is InChI=1S/C55H44N2/c1-54(2)47-19-11-10-18-43(47)45-34-50-46(33-49(45)54)44-32-42(28-29-48(44)55(50)30-12-5-13-31-55)38-22-20-36(21-23-38)37-24-26-40(27-25-37)52-35-51(39-14-6-3-7-15-39)56-53(57-52)41-16-8-4-9-17-41/h3-4,6-11,14-29,32-35H,5,12-13,30-31H2,1-2H3. The van der Waals surface area contributed by atoms with E-state index in [4.69, 9.17) is 9.97 Å². The number of rotatable bonds is 5. The van der Waals surface area contributed by atoms with E-state index in [1.165, 1.54) is 87.7 Å². The highest BCUT2D eigenvalue weighted by molar-refractivity contribution is 5.91. The van der Waals surface area contributed by atoms with Crippen LogP contribution in [0.4, 0.5) is 0 Å². The quantitative estimate of drug-likeness (QED) is 0.176. The van der Waals surface area contributed by atoms with Crippen LogP contribution >= 0.6 is 0 Å². The second-order valence-corrected chi connectivity index (χ2v) is 16.9. The van der Waals surface area contributed by atoms with Crippen molar-refractivity contribution >= 4 is 0 Å². The van der Waals surface area contributed by atoms with Gasteiger partial charge in [-0.15, -0.1) is 0 Å². The number of aromatic nitrogens is 2. The van der Waals surface area contributed by atoms with Gasteiger partial charge in [-0.3, -0.25) is 0 Å². The SMILES string of the molecule is CC1(C)c2ccccc2-c2cc3c(cc21)-c1cc(-c2ccc(-c4ccc(-c5cc(-c6ccccc6)nc(-c6ccccc6)n5)cc4)cc2)ccc1C31CCCCC1. The van der Waals surface area contributed by atoms with Gasteiger partial charge in [-0.2, -0.15) is 0 Å². The molecule has 1 saturated carbocycles. The van der Waals surface area contributed by atoms with E-state index in [0.29, 0.717) is 0 Å². The summed E-state index contributed by atoms with van der Waals surface area (Å²) in [7, 11) is 0. The van der Waals surface area contributed by atoms with E-state index in [0.717, 1.165) is 33.9 Å². The molecule has 0 saturated heterocycles. The van der Waals surface area contributed by atoms with Gasteiger partial charge in [0.25, 0.3) is 0 Å². The van der Waals surface area contributed by atoms with Gasteiger partial charge in [0.15, 0.2) is 5.82 Å². The Morgan fingerprint density at radius 2 is 0.842 bits per heavy atom. The van der Waals surface area contributed by atoms with Gasteiger partial charge >= 0.3 is 0 Å². The topological polar surface area (TPSA) is 25.8 Å². The number of hydrogen-bond acceptors (Lipinski definition) is 2.